The Kier molecular flexibility index (Phi) is 3.91. The van der Waals surface area contributed by atoms with Crippen molar-refractivity contribution in [2.75, 3.05) is 0 Å². The van der Waals surface area contributed by atoms with Gasteiger partial charge in [0, 0.05) is 31.0 Å². The Morgan fingerprint density at radius 3 is 2.88 bits per heavy atom. The number of hydrogen-bond acceptors (Lipinski definition) is 3. The number of fused-ring (bicyclic) bond motifs is 1. The van der Waals surface area contributed by atoms with E-state index in [4.69, 9.17) is 0 Å². The number of amides is 1. The van der Waals surface area contributed by atoms with Gasteiger partial charge < -0.3 is 14.9 Å². The van der Waals surface area contributed by atoms with Crippen molar-refractivity contribution < 1.29 is 4.79 Å². The summed E-state index contributed by atoms with van der Waals surface area (Å²) < 4.78 is 3.71. The quantitative estimate of drug-likeness (QED) is 0.763. The molecule has 7 heteroatoms. The first-order valence-electron chi connectivity index (χ1n) is 8.62. The summed E-state index contributed by atoms with van der Waals surface area (Å²) in [6.45, 7) is 0.361. The van der Waals surface area contributed by atoms with E-state index in [1.54, 1.807) is 18.3 Å². The van der Waals surface area contributed by atoms with Crippen LogP contribution in [0.1, 0.15) is 47.9 Å². The molecule has 3 aromatic rings. The maximum Gasteiger partial charge on any atom is 0.326 e. The summed E-state index contributed by atoms with van der Waals surface area (Å²) in [5.41, 5.74) is 2.02. The number of hydrogen-bond donors (Lipinski definition) is 2. The molecule has 7 nitrogen and oxygen atoms in total. The van der Waals surface area contributed by atoms with Crippen molar-refractivity contribution >= 4 is 16.9 Å². The van der Waals surface area contributed by atoms with Crippen LogP contribution in [-0.2, 0) is 13.6 Å². The molecular formula is C18H21N5O2. The van der Waals surface area contributed by atoms with Gasteiger partial charge in [-0.2, -0.15) is 0 Å². The van der Waals surface area contributed by atoms with Crippen molar-refractivity contribution in [1.82, 2.24) is 24.4 Å². The van der Waals surface area contributed by atoms with Crippen molar-refractivity contribution in [2.45, 2.75) is 38.3 Å². The van der Waals surface area contributed by atoms with Gasteiger partial charge in [0.05, 0.1) is 17.6 Å². The van der Waals surface area contributed by atoms with E-state index < -0.39 is 0 Å². The first kappa shape index (κ1) is 15.7. The maximum absolute atomic E-state index is 12.4. The van der Waals surface area contributed by atoms with Gasteiger partial charge >= 0.3 is 5.69 Å². The van der Waals surface area contributed by atoms with Crippen LogP contribution in [0, 0.1) is 0 Å². The van der Waals surface area contributed by atoms with Gasteiger partial charge in [0.1, 0.15) is 5.82 Å². The lowest BCUT2D eigenvalue weighted by Crippen LogP contribution is -2.24. The van der Waals surface area contributed by atoms with Gasteiger partial charge in [-0.05, 0) is 31.0 Å². The minimum atomic E-state index is -0.181. The van der Waals surface area contributed by atoms with Gasteiger partial charge in [-0.3, -0.25) is 9.36 Å². The van der Waals surface area contributed by atoms with Crippen LogP contribution in [0.25, 0.3) is 11.0 Å². The Morgan fingerprint density at radius 1 is 1.36 bits per heavy atom. The molecule has 2 heterocycles. The summed E-state index contributed by atoms with van der Waals surface area (Å²) >= 11 is 0. The Hall–Kier alpha value is -2.83. The van der Waals surface area contributed by atoms with Crippen LogP contribution in [-0.4, -0.2) is 25.0 Å². The van der Waals surface area contributed by atoms with Crippen molar-refractivity contribution in [1.29, 1.82) is 0 Å². The monoisotopic (exact) mass is 339 g/mol. The number of rotatable bonds is 4. The van der Waals surface area contributed by atoms with E-state index in [0.29, 0.717) is 17.6 Å². The summed E-state index contributed by atoms with van der Waals surface area (Å²) in [4.78, 5) is 31.8. The first-order chi connectivity index (χ1) is 12.1. The van der Waals surface area contributed by atoms with Crippen molar-refractivity contribution in [3.05, 3.63) is 52.5 Å². The Balaban J connectivity index is 1.58. The number of carbonyl (C=O) groups excluding carboxylic acids is 1. The van der Waals surface area contributed by atoms with Crippen LogP contribution >= 0.6 is 0 Å². The lowest BCUT2D eigenvalue weighted by molar-refractivity contribution is 0.0949. The van der Waals surface area contributed by atoms with Crippen LogP contribution in [0.15, 0.2) is 35.4 Å². The average Bonchev–Trinajstić information content (AvgIpc) is 3.31. The highest BCUT2D eigenvalue weighted by molar-refractivity contribution is 5.97. The standard InChI is InChI=1S/C18H21N5O2/c1-22-9-8-19-16(22)11-20-17(24)12-6-7-15-14(10-12)21-18(25)23(15)13-4-2-3-5-13/h6-10,13H,2-5,11H2,1H3,(H,20,24)(H,21,25). The molecule has 4 rings (SSSR count). The third-order valence-corrected chi connectivity index (χ3v) is 5.00. The first-order valence-corrected chi connectivity index (χ1v) is 8.62. The zero-order valence-corrected chi connectivity index (χ0v) is 14.2. The van der Waals surface area contributed by atoms with Crippen LogP contribution in [0.5, 0.6) is 0 Å². The highest BCUT2D eigenvalue weighted by Gasteiger charge is 2.21. The predicted molar refractivity (Wildman–Crippen MR) is 94.4 cm³/mol. The van der Waals surface area contributed by atoms with Gasteiger partial charge in [0.2, 0.25) is 0 Å². The molecule has 0 bridgehead atoms. The number of carbonyl (C=O) groups is 1. The van der Waals surface area contributed by atoms with Gasteiger partial charge in [-0.25, -0.2) is 9.78 Å². The molecule has 1 fully saturated rings. The zero-order valence-electron chi connectivity index (χ0n) is 14.2. The molecule has 0 spiro atoms. The van der Waals surface area contributed by atoms with Gasteiger partial charge in [-0.15, -0.1) is 0 Å². The molecule has 2 aromatic heterocycles. The molecule has 0 radical (unpaired) electrons. The Morgan fingerprint density at radius 2 is 2.16 bits per heavy atom. The lowest BCUT2D eigenvalue weighted by Gasteiger charge is -2.11. The van der Waals surface area contributed by atoms with Crippen LogP contribution < -0.4 is 11.0 Å². The predicted octanol–water partition coefficient (Wildman–Crippen LogP) is 2.11. The molecule has 0 aliphatic heterocycles. The molecule has 130 valence electrons. The Labute approximate surface area is 144 Å². The number of aromatic amines is 1. The lowest BCUT2D eigenvalue weighted by atomic mass is 10.1. The minimum Gasteiger partial charge on any atom is -0.345 e. The second-order valence-electron chi connectivity index (χ2n) is 6.61. The molecule has 25 heavy (non-hydrogen) atoms. The number of aryl methyl sites for hydroxylation is 1. The van der Waals surface area contributed by atoms with E-state index in [-0.39, 0.29) is 17.6 Å². The second-order valence-corrected chi connectivity index (χ2v) is 6.61. The topological polar surface area (TPSA) is 84.7 Å². The molecule has 0 unspecified atom stereocenters. The zero-order chi connectivity index (χ0) is 17.4. The molecule has 1 amide bonds. The third kappa shape index (κ3) is 2.86. The highest BCUT2D eigenvalue weighted by atomic mass is 16.2. The van der Waals surface area contributed by atoms with Crippen LogP contribution in [0.2, 0.25) is 0 Å². The van der Waals surface area contributed by atoms with Gasteiger partial charge in [0.25, 0.3) is 5.91 Å². The minimum absolute atomic E-state index is 0.0903. The van der Waals surface area contributed by atoms with E-state index in [9.17, 15) is 9.59 Å². The van der Waals surface area contributed by atoms with Crippen molar-refractivity contribution in [3.63, 3.8) is 0 Å². The molecular weight excluding hydrogens is 318 g/mol. The third-order valence-electron chi connectivity index (χ3n) is 5.00. The van der Waals surface area contributed by atoms with E-state index >= 15 is 0 Å². The molecule has 0 atom stereocenters. The summed E-state index contributed by atoms with van der Waals surface area (Å²) in [7, 11) is 1.89. The number of benzene rings is 1. The fraction of sp³-hybridized carbons (Fsp3) is 0.389. The average molecular weight is 339 g/mol. The summed E-state index contributed by atoms with van der Waals surface area (Å²) in [6.07, 6.45) is 7.94. The highest BCUT2D eigenvalue weighted by Crippen LogP contribution is 2.30. The van der Waals surface area contributed by atoms with Crippen molar-refractivity contribution in [2.24, 2.45) is 7.05 Å². The Bertz CT molecular complexity index is 975. The van der Waals surface area contributed by atoms with Gasteiger partial charge in [-0.1, -0.05) is 12.8 Å². The fourth-order valence-corrected chi connectivity index (χ4v) is 3.63. The molecule has 1 aliphatic rings. The molecule has 1 aliphatic carbocycles. The fourth-order valence-electron chi connectivity index (χ4n) is 3.63. The maximum atomic E-state index is 12.4. The van der Waals surface area contributed by atoms with Crippen LogP contribution in [0.4, 0.5) is 0 Å². The van der Waals surface area contributed by atoms with E-state index in [1.807, 2.05) is 28.4 Å². The number of aromatic nitrogens is 4. The summed E-state index contributed by atoms with van der Waals surface area (Å²) in [5.74, 6) is 0.606. The van der Waals surface area contributed by atoms with Gasteiger partial charge in [0.15, 0.2) is 0 Å². The SMILES string of the molecule is Cn1ccnc1CNC(=O)c1ccc2c(c1)[nH]c(=O)n2C1CCCC1. The second kappa shape index (κ2) is 6.23. The molecule has 1 aromatic carbocycles. The van der Waals surface area contributed by atoms with Crippen LogP contribution in [0.3, 0.4) is 0 Å². The number of H-pyrrole nitrogens is 1. The van der Waals surface area contributed by atoms with Crippen molar-refractivity contribution in [3.8, 4) is 0 Å². The largest absolute Gasteiger partial charge is 0.345 e. The number of nitrogens with one attached hydrogen (secondary N) is 2. The molecule has 0 saturated heterocycles. The number of nitrogens with zero attached hydrogens (tertiary/aromatic N) is 3. The molecule has 2 N–H and O–H groups in total. The molecule has 1 saturated carbocycles. The van der Waals surface area contributed by atoms with E-state index in [0.717, 1.165) is 37.0 Å². The summed E-state index contributed by atoms with van der Waals surface area (Å²) in [5, 5.41) is 2.86. The number of imidazole rings is 2. The summed E-state index contributed by atoms with van der Waals surface area (Å²) in [6, 6.07) is 5.65. The van der Waals surface area contributed by atoms with E-state index in [2.05, 4.69) is 15.3 Å². The normalized spacial score (nSPS) is 15.1. The van der Waals surface area contributed by atoms with E-state index in [1.165, 1.54) is 0 Å². The smallest absolute Gasteiger partial charge is 0.326 e.